The Bertz CT molecular complexity index is 1130. The number of halogens is 1. The molecule has 7 heteroatoms. The van der Waals surface area contributed by atoms with Gasteiger partial charge in [0.25, 0.3) is 0 Å². The van der Waals surface area contributed by atoms with Crippen molar-refractivity contribution < 1.29 is 19.3 Å². The summed E-state index contributed by atoms with van der Waals surface area (Å²) in [5, 5.41) is 31.1. The van der Waals surface area contributed by atoms with E-state index in [4.69, 9.17) is 9.72 Å². The molecule has 4 rings (SSSR count). The van der Waals surface area contributed by atoms with Crippen LogP contribution in [0.4, 0.5) is 10.2 Å². The first kappa shape index (κ1) is 20.1. The third kappa shape index (κ3) is 3.67. The number of methoxy groups -OCH3 is 1. The standard InChI is InChI=1S/C23H22FN3O3/c1-30-16-7-8-19-17(11-16)22(14-4-2-5-15(24)10-14)18(12-25)23(26-19)27-9-3-6-20(28)21(29)13-27/h2,4-5,7-8,10-11,20-21,28-29H,3,6,9,13H2,1H3/t20?,21-/m0/s1. The zero-order valence-electron chi connectivity index (χ0n) is 16.5. The fourth-order valence-electron chi connectivity index (χ4n) is 3.95. The van der Waals surface area contributed by atoms with E-state index < -0.39 is 18.0 Å². The first-order valence-electron chi connectivity index (χ1n) is 9.80. The maximum absolute atomic E-state index is 14.0. The van der Waals surface area contributed by atoms with Crippen molar-refractivity contribution in [2.24, 2.45) is 0 Å². The molecule has 2 aromatic carbocycles. The second-order valence-corrected chi connectivity index (χ2v) is 7.41. The lowest BCUT2D eigenvalue weighted by molar-refractivity contribution is 0.0249. The molecule has 2 atom stereocenters. The quantitative estimate of drug-likeness (QED) is 0.693. The lowest BCUT2D eigenvalue weighted by Gasteiger charge is -2.26. The molecular formula is C23H22FN3O3. The second-order valence-electron chi connectivity index (χ2n) is 7.41. The normalized spacial score (nSPS) is 19.4. The van der Waals surface area contributed by atoms with Crippen LogP contribution in [0.15, 0.2) is 42.5 Å². The van der Waals surface area contributed by atoms with E-state index >= 15 is 0 Å². The highest BCUT2D eigenvalue weighted by atomic mass is 19.1. The van der Waals surface area contributed by atoms with Gasteiger partial charge in [-0.05, 0) is 48.7 Å². The number of aromatic nitrogens is 1. The summed E-state index contributed by atoms with van der Waals surface area (Å²) >= 11 is 0. The van der Waals surface area contributed by atoms with Crippen LogP contribution in [0, 0.1) is 17.1 Å². The van der Waals surface area contributed by atoms with Gasteiger partial charge in [-0.15, -0.1) is 0 Å². The van der Waals surface area contributed by atoms with Gasteiger partial charge in [-0.2, -0.15) is 5.26 Å². The first-order valence-corrected chi connectivity index (χ1v) is 9.80. The van der Waals surface area contributed by atoms with E-state index in [0.29, 0.717) is 58.5 Å². The summed E-state index contributed by atoms with van der Waals surface area (Å²) in [5.74, 6) is 0.619. The Morgan fingerprint density at radius 1 is 1.20 bits per heavy atom. The van der Waals surface area contributed by atoms with E-state index in [1.165, 1.54) is 12.1 Å². The highest BCUT2D eigenvalue weighted by molar-refractivity contribution is 6.00. The molecular weight excluding hydrogens is 385 g/mol. The van der Waals surface area contributed by atoms with E-state index in [1.807, 2.05) is 4.90 Å². The molecule has 1 aliphatic rings. The zero-order chi connectivity index (χ0) is 21.3. The number of ether oxygens (including phenoxy) is 1. The van der Waals surface area contributed by atoms with Crippen LogP contribution in [0.2, 0.25) is 0 Å². The molecule has 1 fully saturated rings. The molecule has 154 valence electrons. The molecule has 1 unspecified atom stereocenters. The van der Waals surface area contributed by atoms with Crippen LogP contribution in [0.3, 0.4) is 0 Å². The number of aliphatic hydroxyl groups is 2. The highest BCUT2D eigenvalue weighted by Gasteiger charge is 2.28. The maximum atomic E-state index is 14.0. The Balaban J connectivity index is 1.99. The van der Waals surface area contributed by atoms with E-state index in [2.05, 4.69) is 6.07 Å². The maximum Gasteiger partial charge on any atom is 0.147 e. The van der Waals surface area contributed by atoms with Crippen molar-refractivity contribution in [1.29, 1.82) is 5.26 Å². The Morgan fingerprint density at radius 3 is 2.77 bits per heavy atom. The van der Waals surface area contributed by atoms with Gasteiger partial charge in [-0.3, -0.25) is 0 Å². The third-order valence-corrected chi connectivity index (χ3v) is 5.48. The minimum atomic E-state index is -0.940. The van der Waals surface area contributed by atoms with Gasteiger partial charge in [-0.1, -0.05) is 12.1 Å². The summed E-state index contributed by atoms with van der Waals surface area (Å²) in [6, 6.07) is 13.7. The number of nitriles is 1. The average Bonchev–Trinajstić information content (AvgIpc) is 2.92. The van der Waals surface area contributed by atoms with Crippen molar-refractivity contribution in [2.45, 2.75) is 25.0 Å². The number of hydrogen-bond acceptors (Lipinski definition) is 6. The molecule has 0 amide bonds. The van der Waals surface area contributed by atoms with Gasteiger partial charge in [-0.25, -0.2) is 9.37 Å². The molecule has 0 radical (unpaired) electrons. The Kier molecular flexibility index (Phi) is 5.53. The monoisotopic (exact) mass is 407 g/mol. The predicted octanol–water partition coefficient (Wildman–Crippen LogP) is 3.24. The van der Waals surface area contributed by atoms with Crippen LogP contribution in [-0.4, -0.2) is 47.6 Å². The van der Waals surface area contributed by atoms with Crippen molar-refractivity contribution >= 4 is 16.7 Å². The van der Waals surface area contributed by atoms with Crippen molar-refractivity contribution in [2.75, 3.05) is 25.1 Å². The van der Waals surface area contributed by atoms with Crippen molar-refractivity contribution in [3.63, 3.8) is 0 Å². The Morgan fingerprint density at radius 2 is 2.03 bits per heavy atom. The number of rotatable bonds is 3. The van der Waals surface area contributed by atoms with Crippen molar-refractivity contribution in [3.8, 4) is 22.9 Å². The van der Waals surface area contributed by atoms with E-state index in [0.717, 1.165) is 0 Å². The van der Waals surface area contributed by atoms with Gasteiger partial charge >= 0.3 is 0 Å². The average molecular weight is 407 g/mol. The highest BCUT2D eigenvalue weighted by Crippen LogP contribution is 2.38. The number of anilines is 1. The van der Waals surface area contributed by atoms with Gasteiger partial charge in [0.15, 0.2) is 0 Å². The number of aliphatic hydroxyl groups excluding tert-OH is 2. The van der Waals surface area contributed by atoms with Crippen LogP contribution in [0.5, 0.6) is 5.75 Å². The van der Waals surface area contributed by atoms with Crippen LogP contribution >= 0.6 is 0 Å². The van der Waals surface area contributed by atoms with Gasteiger partial charge in [0.2, 0.25) is 0 Å². The van der Waals surface area contributed by atoms with Crippen LogP contribution in [-0.2, 0) is 0 Å². The zero-order valence-corrected chi connectivity index (χ0v) is 16.5. The van der Waals surface area contributed by atoms with Crippen molar-refractivity contribution in [1.82, 2.24) is 4.98 Å². The van der Waals surface area contributed by atoms with E-state index in [1.54, 1.807) is 37.4 Å². The Labute approximate surface area is 173 Å². The van der Waals surface area contributed by atoms with E-state index in [9.17, 15) is 19.9 Å². The summed E-state index contributed by atoms with van der Waals surface area (Å²) in [5.41, 5.74) is 2.05. The molecule has 1 saturated heterocycles. The molecule has 0 bridgehead atoms. The molecule has 6 nitrogen and oxygen atoms in total. The lowest BCUT2D eigenvalue weighted by Crippen LogP contribution is -2.37. The number of β-amino-alcohol motifs (C(OH)–C–C–N with tert-alkyl or cyclic N) is 1. The molecule has 2 heterocycles. The molecule has 30 heavy (non-hydrogen) atoms. The van der Waals surface area contributed by atoms with Gasteiger partial charge in [0.05, 0.1) is 24.8 Å². The molecule has 0 saturated carbocycles. The van der Waals surface area contributed by atoms with Gasteiger partial charge in [0, 0.05) is 24.0 Å². The summed E-state index contributed by atoms with van der Waals surface area (Å²) in [7, 11) is 1.56. The SMILES string of the molecule is COc1ccc2nc(N3CCCC(O)[C@@H](O)C3)c(C#N)c(-c3cccc(F)c3)c2c1. The first-order chi connectivity index (χ1) is 14.5. The molecule has 1 aliphatic heterocycles. The smallest absolute Gasteiger partial charge is 0.147 e. The van der Waals surface area contributed by atoms with Crippen LogP contribution in [0.1, 0.15) is 18.4 Å². The number of pyridine rings is 1. The lowest BCUT2D eigenvalue weighted by atomic mass is 9.95. The van der Waals surface area contributed by atoms with Crippen LogP contribution < -0.4 is 9.64 Å². The fraction of sp³-hybridized carbons (Fsp3) is 0.304. The molecule has 0 spiro atoms. The summed E-state index contributed by atoms with van der Waals surface area (Å²) < 4.78 is 19.4. The third-order valence-electron chi connectivity index (χ3n) is 5.48. The number of nitrogens with zero attached hydrogens (tertiary/aromatic N) is 3. The molecule has 1 aromatic heterocycles. The number of hydrogen-bond donors (Lipinski definition) is 2. The fourth-order valence-corrected chi connectivity index (χ4v) is 3.95. The van der Waals surface area contributed by atoms with Gasteiger partial charge in [0.1, 0.15) is 29.0 Å². The van der Waals surface area contributed by atoms with Crippen molar-refractivity contribution in [3.05, 3.63) is 53.8 Å². The molecule has 3 aromatic rings. The topological polar surface area (TPSA) is 89.6 Å². The summed E-state index contributed by atoms with van der Waals surface area (Å²) in [4.78, 5) is 6.54. The minimum Gasteiger partial charge on any atom is -0.497 e. The second kappa shape index (κ2) is 8.27. The summed E-state index contributed by atoms with van der Waals surface area (Å²) in [6.45, 7) is 0.702. The largest absolute Gasteiger partial charge is 0.497 e. The number of fused-ring (bicyclic) bond motifs is 1. The van der Waals surface area contributed by atoms with E-state index in [-0.39, 0.29) is 6.54 Å². The summed E-state index contributed by atoms with van der Waals surface area (Å²) in [6.07, 6.45) is -0.625. The molecule has 0 aliphatic carbocycles. The number of benzene rings is 2. The van der Waals surface area contributed by atoms with Gasteiger partial charge < -0.3 is 19.8 Å². The Hall–Kier alpha value is -3.21. The predicted molar refractivity (Wildman–Crippen MR) is 112 cm³/mol. The minimum absolute atomic E-state index is 0.160. The van der Waals surface area contributed by atoms with Crippen LogP contribution in [0.25, 0.3) is 22.0 Å². The molecule has 2 N–H and O–H groups in total.